The van der Waals surface area contributed by atoms with E-state index in [-0.39, 0.29) is 11.8 Å². The van der Waals surface area contributed by atoms with E-state index in [0.717, 1.165) is 56.7 Å². The number of anilines is 2. The maximum absolute atomic E-state index is 12.5. The first-order valence-corrected chi connectivity index (χ1v) is 9.73. The number of nitrogens with zero attached hydrogens (tertiary/aromatic N) is 2. The first-order chi connectivity index (χ1) is 13.2. The average molecular weight is 363 g/mol. The van der Waals surface area contributed by atoms with Gasteiger partial charge in [-0.05, 0) is 61.6 Å². The summed E-state index contributed by atoms with van der Waals surface area (Å²) in [5, 5.41) is 2.95. The summed E-state index contributed by atoms with van der Waals surface area (Å²) >= 11 is 0. The van der Waals surface area contributed by atoms with E-state index in [2.05, 4.69) is 22.3 Å². The largest absolute Gasteiger partial charge is 0.362 e. The molecule has 0 aromatic heterocycles. The molecule has 2 aliphatic rings. The Morgan fingerprint density at radius 1 is 0.889 bits per heavy atom. The molecule has 2 aliphatic heterocycles. The molecule has 2 aromatic carbocycles. The summed E-state index contributed by atoms with van der Waals surface area (Å²) in [4.78, 5) is 28.9. The SMILES string of the molecule is O=C(CN1CCCc2ccccc21)Nc1ccc(C(=O)N2CCCC2)cc1. The molecule has 0 saturated carbocycles. The number of aryl methyl sites for hydroxylation is 1. The number of carbonyl (C=O) groups is 2. The van der Waals surface area contributed by atoms with Crippen LogP contribution in [0.15, 0.2) is 48.5 Å². The van der Waals surface area contributed by atoms with Gasteiger partial charge in [0.25, 0.3) is 5.91 Å². The zero-order valence-electron chi connectivity index (χ0n) is 15.5. The molecule has 0 spiro atoms. The summed E-state index contributed by atoms with van der Waals surface area (Å²) in [5.74, 6) is 0.0422. The predicted octanol–water partition coefficient (Wildman–Crippen LogP) is 3.31. The molecule has 0 radical (unpaired) electrons. The first-order valence-electron chi connectivity index (χ1n) is 9.73. The molecule has 0 aliphatic carbocycles. The van der Waals surface area contributed by atoms with E-state index in [0.29, 0.717) is 12.1 Å². The highest BCUT2D eigenvalue weighted by molar-refractivity contribution is 5.97. The van der Waals surface area contributed by atoms with Crippen LogP contribution in [0.4, 0.5) is 11.4 Å². The molecule has 140 valence electrons. The molecule has 2 heterocycles. The van der Waals surface area contributed by atoms with Crippen LogP contribution in [-0.4, -0.2) is 42.9 Å². The third-order valence-electron chi connectivity index (χ3n) is 5.35. The lowest BCUT2D eigenvalue weighted by atomic mass is 10.0. The number of fused-ring (bicyclic) bond motifs is 1. The van der Waals surface area contributed by atoms with Crippen LogP contribution in [0.5, 0.6) is 0 Å². The number of rotatable bonds is 4. The number of amides is 2. The third-order valence-corrected chi connectivity index (χ3v) is 5.35. The minimum atomic E-state index is -0.0367. The van der Waals surface area contributed by atoms with Crippen LogP contribution in [0.1, 0.15) is 35.2 Å². The smallest absolute Gasteiger partial charge is 0.253 e. The molecule has 5 heteroatoms. The van der Waals surface area contributed by atoms with Crippen molar-refractivity contribution in [2.24, 2.45) is 0 Å². The van der Waals surface area contributed by atoms with E-state index in [4.69, 9.17) is 0 Å². The van der Waals surface area contributed by atoms with E-state index >= 15 is 0 Å². The Kier molecular flexibility index (Phi) is 5.10. The summed E-state index contributed by atoms with van der Waals surface area (Å²) < 4.78 is 0. The maximum atomic E-state index is 12.5. The van der Waals surface area contributed by atoms with Crippen LogP contribution in [-0.2, 0) is 11.2 Å². The highest BCUT2D eigenvalue weighted by atomic mass is 16.2. The van der Waals surface area contributed by atoms with Crippen molar-refractivity contribution in [2.45, 2.75) is 25.7 Å². The Labute approximate surface area is 160 Å². The Morgan fingerprint density at radius 2 is 1.63 bits per heavy atom. The zero-order valence-corrected chi connectivity index (χ0v) is 15.5. The maximum Gasteiger partial charge on any atom is 0.253 e. The molecular weight excluding hydrogens is 338 g/mol. The second kappa shape index (κ2) is 7.82. The highest BCUT2D eigenvalue weighted by Gasteiger charge is 2.20. The second-order valence-electron chi connectivity index (χ2n) is 7.28. The Morgan fingerprint density at radius 3 is 2.41 bits per heavy atom. The molecule has 0 unspecified atom stereocenters. The number of hydrogen-bond acceptors (Lipinski definition) is 3. The Bertz CT molecular complexity index is 826. The van der Waals surface area contributed by atoms with Gasteiger partial charge in [0.2, 0.25) is 5.91 Å². The molecule has 1 N–H and O–H groups in total. The normalized spacial score (nSPS) is 16.1. The summed E-state index contributed by atoms with van der Waals surface area (Å²) in [6.07, 6.45) is 4.30. The van der Waals surface area contributed by atoms with Crippen molar-refractivity contribution in [1.82, 2.24) is 4.90 Å². The quantitative estimate of drug-likeness (QED) is 0.907. The van der Waals surface area contributed by atoms with E-state index < -0.39 is 0 Å². The Balaban J connectivity index is 1.37. The monoisotopic (exact) mass is 363 g/mol. The van der Waals surface area contributed by atoms with Crippen molar-refractivity contribution in [1.29, 1.82) is 0 Å². The summed E-state index contributed by atoms with van der Waals surface area (Å²) in [6, 6.07) is 15.5. The Hall–Kier alpha value is -2.82. The molecule has 1 saturated heterocycles. The topological polar surface area (TPSA) is 52.7 Å². The van der Waals surface area contributed by atoms with Crippen LogP contribution in [0.2, 0.25) is 0 Å². The molecule has 0 bridgehead atoms. The number of hydrogen-bond donors (Lipinski definition) is 1. The molecule has 5 nitrogen and oxygen atoms in total. The minimum absolute atomic E-state index is 0.0367. The lowest BCUT2D eigenvalue weighted by molar-refractivity contribution is -0.115. The predicted molar refractivity (Wildman–Crippen MR) is 107 cm³/mol. The fourth-order valence-corrected chi connectivity index (χ4v) is 3.95. The fraction of sp³-hybridized carbons (Fsp3) is 0.364. The van der Waals surface area contributed by atoms with Crippen molar-refractivity contribution >= 4 is 23.2 Å². The molecule has 27 heavy (non-hydrogen) atoms. The van der Waals surface area contributed by atoms with Gasteiger partial charge in [-0.2, -0.15) is 0 Å². The van der Waals surface area contributed by atoms with Gasteiger partial charge in [0.1, 0.15) is 0 Å². The molecular formula is C22H25N3O2. The van der Waals surface area contributed by atoms with Gasteiger partial charge in [-0.1, -0.05) is 18.2 Å². The van der Waals surface area contributed by atoms with Gasteiger partial charge in [0.05, 0.1) is 6.54 Å². The molecule has 0 atom stereocenters. The molecule has 4 rings (SSSR count). The number of benzene rings is 2. The minimum Gasteiger partial charge on any atom is -0.362 e. The average Bonchev–Trinajstić information content (AvgIpc) is 3.23. The van der Waals surface area contributed by atoms with Gasteiger partial charge in [-0.3, -0.25) is 9.59 Å². The summed E-state index contributed by atoms with van der Waals surface area (Å²) in [6.45, 7) is 2.92. The number of nitrogens with one attached hydrogen (secondary N) is 1. The van der Waals surface area contributed by atoms with Crippen LogP contribution in [0.3, 0.4) is 0 Å². The zero-order chi connectivity index (χ0) is 18.6. The van der Waals surface area contributed by atoms with Crippen LogP contribution < -0.4 is 10.2 Å². The number of carbonyl (C=O) groups excluding carboxylic acids is 2. The van der Waals surface area contributed by atoms with Crippen molar-refractivity contribution in [3.05, 3.63) is 59.7 Å². The van der Waals surface area contributed by atoms with Crippen LogP contribution in [0, 0.1) is 0 Å². The number of para-hydroxylation sites is 1. The van der Waals surface area contributed by atoms with Crippen molar-refractivity contribution in [3.8, 4) is 0 Å². The lowest BCUT2D eigenvalue weighted by Gasteiger charge is -2.30. The van der Waals surface area contributed by atoms with Gasteiger partial charge in [-0.25, -0.2) is 0 Å². The highest BCUT2D eigenvalue weighted by Crippen LogP contribution is 2.26. The molecule has 2 amide bonds. The molecule has 2 aromatic rings. The van der Waals surface area contributed by atoms with E-state index in [1.54, 1.807) is 12.1 Å². The fourth-order valence-electron chi connectivity index (χ4n) is 3.95. The molecule has 1 fully saturated rings. The van der Waals surface area contributed by atoms with Crippen molar-refractivity contribution in [2.75, 3.05) is 36.4 Å². The van der Waals surface area contributed by atoms with Gasteiger partial charge < -0.3 is 15.1 Å². The van der Waals surface area contributed by atoms with Gasteiger partial charge >= 0.3 is 0 Å². The number of likely N-dealkylation sites (tertiary alicyclic amines) is 1. The van der Waals surface area contributed by atoms with Gasteiger partial charge in [0, 0.05) is 36.6 Å². The lowest BCUT2D eigenvalue weighted by Crippen LogP contribution is -2.36. The van der Waals surface area contributed by atoms with Gasteiger partial charge in [-0.15, -0.1) is 0 Å². The van der Waals surface area contributed by atoms with E-state index in [1.807, 2.05) is 29.2 Å². The second-order valence-corrected chi connectivity index (χ2v) is 7.28. The van der Waals surface area contributed by atoms with E-state index in [1.165, 1.54) is 5.56 Å². The first kappa shape index (κ1) is 17.6. The third kappa shape index (κ3) is 3.97. The van der Waals surface area contributed by atoms with Gasteiger partial charge in [0.15, 0.2) is 0 Å². The standard InChI is InChI=1S/C22H25N3O2/c26-21(16-25-15-5-7-17-6-1-2-8-20(17)25)23-19-11-9-18(10-12-19)22(27)24-13-3-4-14-24/h1-2,6,8-12H,3-5,7,13-16H2,(H,23,26). The van der Waals surface area contributed by atoms with E-state index in [9.17, 15) is 9.59 Å². The van der Waals surface area contributed by atoms with Crippen LogP contribution >= 0.6 is 0 Å². The summed E-state index contributed by atoms with van der Waals surface area (Å²) in [5.41, 5.74) is 3.87. The van der Waals surface area contributed by atoms with Crippen molar-refractivity contribution in [3.63, 3.8) is 0 Å². The van der Waals surface area contributed by atoms with Crippen LogP contribution in [0.25, 0.3) is 0 Å². The summed E-state index contributed by atoms with van der Waals surface area (Å²) in [7, 11) is 0. The van der Waals surface area contributed by atoms with Crippen molar-refractivity contribution < 1.29 is 9.59 Å².